The summed E-state index contributed by atoms with van der Waals surface area (Å²) in [5, 5.41) is 0. The van der Waals surface area contributed by atoms with Crippen LogP contribution in [0.1, 0.15) is 39.3 Å². The molecule has 2 aliphatic carbocycles. The number of fused-ring (bicyclic) bond motifs is 1. The second kappa shape index (κ2) is 5.35. The fraction of sp³-hybridized carbons (Fsp3) is 0.133. The molecular weight excluding hydrogens is 404 g/mol. The second-order valence-corrected chi connectivity index (χ2v) is 6.19. The minimum Gasteiger partial charge on any atom is -0.462 e. The quantitative estimate of drug-likeness (QED) is 0.545. The Morgan fingerprint density at radius 2 is 1.86 bits per heavy atom. The highest BCUT2D eigenvalue weighted by molar-refractivity contribution is 9.16. The molecule has 0 unspecified atom stereocenters. The summed E-state index contributed by atoms with van der Waals surface area (Å²) >= 11 is 6.25. The molecule has 1 aromatic heterocycles. The SMILES string of the molecule is O=C1C(=O)c2c(C(=O)C3=CCCC=C3)coc2C(Br)=C1Br. The summed E-state index contributed by atoms with van der Waals surface area (Å²) < 4.78 is 5.76. The molecule has 106 valence electrons. The van der Waals surface area contributed by atoms with Gasteiger partial charge in [-0.2, -0.15) is 0 Å². The van der Waals surface area contributed by atoms with E-state index >= 15 is 0 Å². The largest absolute Gasteiger partial charge is 0.462 e. The molecule has 0 N–H and O–H groups in total. The molecule has 4 nitrogen and oxygen atoms in total. The highest BCUT2D eigenvalue weighted by atomic mass is 79.9. The van der Waals surface area contributed by atoms with Crippen LogP contribution in [0.15, 0.2) is 39.0 Å². The molecular formula is C15H8Br2O4. The average Bonchev–Trinajstić information content (AvgIpc) is 2.96. The van der Waals surface area contributed by atoms with Crippen molar-refractivity contribution in [3.63, 3.8) is 0 Å². The zero-order chi connectivity index (χ0) is 15.1. The smallest absolute Gasteiger partial charge is 0.241 e. The van der Waals surface area contributed by atoms with E-state index in [1.165, 1.54) is 6.26 Å². The topological polar surface area (TPSA) is 64.3 Å². The number of allylic oxidation sites excluding steroid dienone is 5. The molecule has 6 heteroatoms. The first kappa shape index (κ1) is 14.4. The van der Waals surface area contributed by atoms with E-state index in [4.69, 9.17) is 4.42 Å². The summed E-state index contributed by atoms with van der Waals surface area (Å²) in [7, 11) is 0. The van der Waals surface area contributed by atoms with Crippen LogP contribution in [0.2, 0.25) is 0 Å². The Bertz CT molecular complexity index is 778. The van der Waals surface area contributed by atoms with Crippen molar-refractivity contribution in [1.82, 2.24) is 0 Å². The van der Waals surface area contributed by atoms with Crippen LogP contribution >= 0.6 is 31.9 Å². The number of rotatable bonds is 2. The van der Waals surface area contributed by atoms with E-state index in [1.807, 2.05) is 12.2 Å². The van der Waals surface area contributed by atoms with Gasteiger partial charge in [-0.1, -0.05) is 18.2 Å². The lowest BCUT2D eigenvalue weighted by atomic mass is 9.92. The standard InChI is InChI=1S/C15H8Br2O4/c16-10-11(17)15-9(13(19)14(10)20)8(6-21-15)12(18)7-4-2-1-3-5-7/h2,4-6H,1,3H2. The highest BCUT2D eigenvalue weighted by Crippen LogP contribution is 2.39. The van der Waals surface area contributed by atoms with Gasteiger partial charge in [0.15, 0.2) is 11.5 Å². The molecule has 2 aliphatic rings. The van der Waals surface area contributed by atoms with Gasteiger partial charge in [0.25, 0.3) is 0 Å². The zero-order valence-corrected chi connectivity index (χ0v) is 13.8. The van der Waals surface area contributed by atoms with Crippen LogP contribution < -0.4 is 0 Å². The monoisotopic (exact) mass is 410 g/mol. The van der Waals surface area contributed by atoms with Crippen LogP contribution in [0.3, 0.4) is 0 Å². The third-order valence-electron chi connectivity index (χ3n) is 3.32. The lowest BCUT2D eigenvalue weighted by molar-refractivity contribution is -0.111. The summed E-state index contributed by atoms with van der Waals surface area (Å²) in [4.78, 5) is 36.5. The normalized spacial score (nSPS) is 17.9. The molecule has 3 rings (SSSR count). The number of hydrogen-bond donors (Lipinski definition) is 0. The molecule has 1 aromatic rings. The minimum atomic E-state index is -0.738. The van der Waals surface area contributed by atoms with Crippen molar-refractivity contribution >= 4 is 53.7 Å². The number of carbonyl (C=O) groups excluding carboxylic acids is 3. The van der Waals surface area contributed by atoms with Gasteiger partial charge >= 0.3 is 0 Å². The molecule has 1 heterocycles. The van der Waals surface area contributed by atoms with Crippen molar-refractivity contribution in [3.8, 4) is 0 Å². The van der Waals surface area contributed by atoms with Crippen LogP contribution in [0.4, 0.5) is 0 Å². The molecule has 0 bridgehead atoms. The number of halogens is 2. The van der Waals surface area contributed by atoms with E-state index in [2.05, 4.69) is 31.9 Å². The number of Topliss-reactive ketones (excluding diaryl/α,β-unsaturated/α-hetero) is 3. The molecule has 0 saturated carbocycles. The lowest BCUT2D eigenvalue weighted by Gasteiger charge is -2.11. The highest BCUT2D eigenvalue weighted by Gasteiger charge is 2.37. The first-order valence-corrected chi connectivity index (χ1v) is 7.78. The third-order valence-corrected chi connectivity index (χ3v) is 5.36. The molecule has 0 aliphatic heterocycles. The molecule has 0 fully saturated rings. The van der Waals surface area contributed by atoms with Crippen LogP contribution in [0, 0.1) is 0 Å². The van der Waals surface area contributed by atoms with Gasteiger partial charge in [-0.25, -0.2) is 0 Å². The van der Waals surface area contributed by atoms with Crippen molar-refractivity contribution in [2.24, 2.45) is 0 Å². The molecule has 0 atom stereocenters. The maximum atomic E-state index is 12.5. The maximum Gasteiger partial charge on any atom is 0.241 e. The first-order chi connectivity index (χ1) is 10.0. The number of carbonyl (C=O) groups is 3. The minimum absolute atomic E-state index is 0.0277. The maximum absolute atomic E-state index is 12.5. The van der Waals surface area contributed by atoms with E-state index in [1.54, 1.807) is 6.08 Å². The van der Waals surface area contributed by atoms with Gasteiger partial charge in [-0.3, -0.25) is 14.4 Å². The second-order valence-electron chi connectivity index (χ2n) is 4.61. The van der Waals surface area contributed by atoms with E-state index in [0.717, 1.165) is 12.8 Å². The molecule has 0 spiro atoms. The zero-order valence-electron chi connectivity index (χ0n) is 10.6. The fourth-order valence-corrected chi connectivity index (χ4v) is 3.09. The summed E-state index contributed by atoms with van der Waals surface area (Å²) in [5.74, 6) is -1.54. The Balaban J connectivity index is 2.13. The van der Waals surface area contributed by atoms with Crippen LogP contribution in [-0.4, -0.2) is 17.3 Å². The van der Waals surface area contributed by atoms with Crippen LogP contribution in [0.5, 0.6) is 0 Å². The van der Waals surface area contributed by atoms with Gasteiger partial charge in [0.1, 0.15) is 6.26 Å². The van der Waals surface area contributed by atoms with Crippen LogP contribution in [0.25, 0.3) is 4.48 Å². The van der Waals surface area contributed by atoms with Crippen molar-refractivity contribution < 1.29 is 18.8 Å². The lowest BCUT2D eigenvalue weighted by Crippen LogP contribution is -2.22. The predicted octanol–water partition coefficient (Wildman–Crippen LogP) is 3.96. The summed E-state index contributed by atoms with van der Waals surface area (Å²) in [6, 6.07) is 0. The fourth-order valence-electron chi connectivity index (χ4n) is 2.26. The average molecular weight is 412 g/mol. The third kappa shape index (κ3) is 2.22. The first-order valence-electron chi connectivity index (χ1n) is 6.20. The van der Waals surface area contributed by atoms with Crippen molar-refractivity contribution in [2.45, 2.75) is 12.8 Å². The molecule has 0 amide bonds. The molecule has 0 aromatic carbocycles. The number of hydrogen-bond acceptors (Lipinski definition) is 4. The molecule has 0 saturated heterocycles. The molecule has 21 heavy (non-hydrogen) atoms. The van der Waals surface area contributed by atoms with Crippen molar-refractivity contribution in [1.29, 1.82) is 0 Å². The Hall–Kier alpha value is -1.53. The predicted molar refractivity (Wildman–Crippen MR) is 83.6 cm³/mol. The van der Waals surface area contributed by atoms with Gasteiger partial charge in [-0.05, 0) is 44.7 Å². The van der Waals surface area contributed by atoms with Gasteiger partial charge in [0.2, 0.25) is 11.6 Å². The van der Waals surface area contributed by atoms with E-state index in [-0.39, 0.29) is 27.2 Å². The van der Waals surface area contributed by atoms with Crippen LogP contribution in [-0.2, 0) is 4.79 Å². The summed E-state index contributed by atoms with van der Waals surface area (Å²) in [6.07, 6.45) is 8.34. The number of furan rings is 1. The Morgan fingerprint density at radius 3 is 2.52 bits per heavy atom. The Morgan fingerprint density at radius 1 is 1.10 bits per heavy atom. The summed E-state index contributed by atoms with van der Waals surface area (Å²) in [6.45, 7) is 0. The van der Waals surface area contributed by atoms with Crippen molar-refractivity contribution in [3.05, 3.63) is 51.4 Å². The number of ketones is 3. The molecule has 0 radical (unpaired) electrons. The van der Waals surface area contributed by atoms with Gasteiger partial charge in [0.05, 0.1) is 20.1 Å². The Kier molecular flexibility index (Phi) is 3.67. The van der Waals surface area contributed by atoms with Crippen molar-refractivity contribution in [2.75, 3.05) is 0 Å². The van der Waals surface area contributed by atoms with E-state index in [9.17, 15) is 14.4 Å². The Labute approximate surface area is 136 Å². The van der Waals surface area contributed by atoms with Gasteiger partial charge < -0.3 is 4.42 Å². The van der Waals surface area contributed by atoms with Gasteiger partial charge in [0, 0.05) is 5.57 Å². The van der Waals surface area contributed by atoms with Gasteiger partial charge in [-0.15, -0.1) is 0 Å². The van der Waals surface area contributed by atoms with E-state index in [0.29, 0.717) is 10.1 Å². The summed E-state index contributed by atoms with van der Waals surface area (Å²) in [5.41, 5.74) is 0.660. The van der Waals surface area contributed by atoms with E-state index < -0.39 is 11.6 Å².